The molecule has 128 valence electrons. The fourth-order valence-corrected chi connectivity index (χ4v) is 3.03. The highest BCUT2D eigenvalue weighted by Crippen LogP contribution is 2.13. The van der Waals surface area contributed by atoms with Crippen LogP contribution in [0, 0.1) is 0 Å². The summed E-state index contributed by atoms with van der Waals surface area (Å²) in [6.07, 6.45) is 8.91. The molecule has 1 saturated heterocycles. The van der Waals surface area contributed by atoms with Gasteiger partial charge >= 0.3 is 6.03 Å². The third-order valence-electron chi connectivity index (χ3n) is 4.24. The van der Waals surface area contributed by atoms with Crippen LogP contribution >= 0.6 is 11.6 Å². The number of carbonyl (C=O) groups is 1. The van der Waals surface area contributed by atoms with E-state index < -0.39 is 0 Å². The predicted molar refractivity (Wildman–Crippen MR) is 97.2 cm³/mol. The van der Waals surface area contributed by atoms with Gasteiger partial charge in [-0.2, -0.15) is 0 Å². The lowest BCUT2D eigenvalue weighted by Gasteiger charge is -2.19. The molecule has 2 N–H and O–H groups in total. The summed E-state index contributed by atoms with van der Waals surface area (Å²) in [6.45, 7) is 4.46. The molecule has 1 fully saturated rings. The first-order chi connectivity index (χ1) is 11.2. The lowest BCUT2D eigenvalue weighted by atomic mass is 10.2. The molecule has 0 atom stereocenters. The molecule has 2 amide bonds. The van der Waals surface area contributed by atoms with Crippen molar-refractivity contribution in [1.29, 1.82) is 0 Å². The van der Waals surface area contributed by atoms with Crippen molar-refractivity contribution in [3.63, 3.8) is 0 Å². The monoisotopic (exact) mass is 337 g/mol. The first-order valence-electron chi connectivity index (χ1n) is 8.77. The third kappa shape index (κ3) is 7.71. The van der Waals surface area contributed by atoms with Gasteiger partial charge in [-0.3, -0.25) is 0 Å². The second kappa shape index (κ2) is 10.5. The molecular formula is C18H28ClN3O. The predicted octanol–water partition coefficient (Wildman–Crippen LogP) is 4.51. The summed E-state index contributed by atoms with van der Waals surface area (Å²) in [4.78, 5) is 14.3. The Bertz CT molecular complexity index is 456. The van der Waals surface area contributed by atoms with Crippen LogP contribution in [0.25, 0.3) is 0 Å². The third-order valence-corrected chi connectivity index (χ3v) is 4.49. The van der Waals surface area contributed by atoms with Crippen LogP contribution in [0.3, 0.4) is 0 Å². The standard InChI is InChI=1S/C18H28ClN3O/c19-16-8-10-17(11-9-16)21-18(23)20-12-4-3-7-15-22-13-5-1-2-6-14-22/h8-11H,1-7,12-15H2,(H2,20,21,23). The maximum atomic E-state index is 11.8. The Morgan fingerprint density at radius 3 is 2.39 bits per heavy atom. The van der Waals surface area contributed by atoms with E-state index in [0.717, 1.165) is 25.1 Å². The summed E-state index contributed by atoms with van der Waals surface area (Å²) in [6, 6.07) is 6.96. The van der Waals surface area contributed by atoms with Gasteiger partial charge in [-0.1, -0.05) is 30.9 Å². The van der Waals surface area contributed by atoms with Crippen LogP contribution in [0.1, 0.15) is 44.9 Å². The van der Waals surface area contributed by atoms with Crippen molar-refractivity contribution < 1.29 is 4.79 Å². The number of anilines is 1. The van der Waals surface area contributed by atoms with Gasteiger partial charge < -0.3 is 15.5 Å². The molecule has 0 saturated carbocycles. The second-order valence-corrected chi connectivity index (χ2v) is 6.64. The van der Waals surface area contributed by atoms with Crippen LogP contribution in [0.15, 0.2) is 24.3 Å². The number of rotatable bonds is 7. The average molecular weight is 338 g/mol. The van der Waals surface area contributed by atoms with Crippen LogP contribution in [0.4, 0.5) is 10.5 Å². The maximum absolute atomic E-state index is 11.8. The van der Waals surface area contributed by atoms with Crippen LogP contribution in [0.2, 0.25) is 5.02 Å². The molecular weight excluding hydrogens is 310 g/mol. The Morgan fingerprint density at radius 1 is 1.00 bits per heavy atom. The Hall–Kier alpha value is -1.26. The van der Waals surface area contributed by atoms with E-state index >= 15 is 0 Å². The number of benzene rings is 1. The second-order valence-electron chi connectivity index (χ2n) is 6.20. The molecule has 0 aliphatic carbocycles. The van der Waals surface area contributed by atoms with E-state index in [1.165, 1.54) is 51.7 Å². The Balaban J connectivity index is 1.49. The number of urea groups is 1. The number of nitrogens with one attached hydrogen (secondary N) is 2. The van der Waals surface area contributed by atoms with E-state index in [4.69, 9.17) is 11.6 Å². The minimum absolute atomic E-state index is 0.153. The SMILES string of the molecule is O=C(NCCCCCN1CCCCCC1)Nc1ccc(Cl)cc1. The van der Waals surface area contributed by atoms with Gasteiger partial charge in [-0.05, 0) is 69.6 Å². The zero-order valence-corrected chi connectivity index (χ0v) is 14.6. The number of amides is 2. The van der Waals surface area contributed by atoms with E-state index in [1.54, 1.807) is 24.3 Å². The van der Waals surface area contributed by atoms with Gasteiger partial charge in [0.1, 0.15) is 0 Å². The summed E-state index contributed by atoms with van der Waals surface area (Å²) in [7, 11) is 0. The number of hydrogen-bond donors (Lipinski definition) is 2. The fourth-order valence-electron chi connectivity index (χ4n) is 2.91. The molecule has 1 heterocycles. The molecule has 2 rings (SSSR count). The van der Waals surface area contributed by atoms with Crippen LogP contribution in [-0.2, 0) is 0 Å². The topological polar surface area (TPSA) is 44.4 Å². The van der Waals surface area contributed by atoms with Crippen molar-refractivity contribution in [2.24, 2.45) is 0 Å². The molecule has 0 radical (unpaired) electrons. The minimum atomic E-state index is -0.153. The number of hydrogen-bond acceptors (Lipinski definition) is 2. The van der Waals surface area contributed by atoms with Gasteiger partial charge in [0.2, 0.25) is 0 Å². The molecule has 1 aliphatic rings. The number of likely N-dealkylation sites (tertiary alicyclic amines) is 1. The van der Waals surface area contributed by atoms with Gasteiger partial charge in [0.25, 0.3) is 0 Å². The molecule has 4 nitrogen and oxygen atoms in total. The van der Waals surface area contributed by atoms with Gasteiger partial charge in [-0.15, -0.1) is 0 Å². The molecule has 5 heteroatoms. The molecule has 1 aromatic rings. The lowest BCUT2D eigenvalue weighted by Crippen LogP contribution is -2.29. The van der Waals surface area contributed by atoms with Gasteiger partial charge in [0.05, 0.1) is 0 Å². The maximum Gasteiger partial charge on any atom is 0.319 e. The fraction of sp³-hybridized carbons (Fsp3) is 0.611. The van der Waals surface area contributed by atoms with E-state index in [-0.39, 0.29) is 6.03 Å². The molecule has 23 heavy (non-hydrogen) atoms. The summed E-state index contributed by atoms with van der Waals surface area (Å²) < 4.78 is 0. The zero-order valence-electron chi connectivity index (χ0n) is 13.8. The largest absolute Gasteiger partial charge is 0.338 e. The summed E-state index contributed by atoms with van der Waals surface area (Å²) in [5.41, 5.74) is 0.757. The highest BCUT2D eigenvalue weighted by molar-refractivity contribution is 6.30. The van der Waals surface area contributed by atoms with E-state index in [2.05, 4.69) is 15.5 Å². The van der Waals surface area contributed by atoms with Crippen molar-refractivity contribution in [3.8, 4) is 0 Å². The quantitative estimate of drug-likeness (QED) is 0.719. The number of nitrogens with zero attached hydrogens (tertiary/aromatic N) is 1. The van der Waals surface area contributed by atoms with Crippen molar-refractivity contribution >= 4 is 23.3 Å². The van der Waals surface area contributed by atoms with Crippen molar-refractivity contribution in [1.82, 2.24) is 10.2 Å². The molecule has 1 aromatic carbocycles. The van der Waals surface area contributed by atoms with Gasteiger partial charge in [-0.25, -0.2) is 4.79 Å². The summed E-state index contributed by atoms with van der Waals surface area (Å²) >= 11 is 5.81. The van der Waals surface area contributed by atoms with Crippen LogP contribution in [0.5, 0.6) is 0 Å². The molecule has 0 aromatic heterocycles. The van der Waals surface area contributed by atoms with Gasteiger partial charge in [0, 0.05) is 17.3 Å². The normalized spacial score (nSPS) is 15.9. The molecule has 0 bridgehead atoms. The van der Waals surface area contributed by atoms with Crippen molar-refractivity contribution in [2.75, 3.05) is 31.5 Å². The average Bonchev–Trinajstić information content (AvgIpc) is 2.82. The molecule has 1 aliphatic heterocycles. The minimum Gasteiger partial charge on any atom is -0.338 e. The first kappa shape index (κ1) is 18.1. The number of carbonyl (C=O) groups excluding carboxylic acids is 1. The number of halogens is 1. The highest BCUT2D eigenvalue weighted by Gasteiger charge is 2.08. The molecule has 0 spiro atoms. The smallest absolute Gasteiger partial charge is 0.319 e. The van der Waals surface area contributed by atoms with Crippen molar-refractivity contribution in [3.05, 3.63) is 29.3 Å². The first-order valence-corrected chi connectivity index (χ1v) is 9.14. The Kier molecular flexibility index (Phi) is 8.26. The van der Waals surface area contributed by atoms with Crippen LogP contribution in [-0.4, -0.2) is 37.1 Å². The molecule has 0 unspecified atom stereocenters. The zero-order chi connectivity index (χ0) is 16.3. The van der Waals surface area contributed by atoms with E-state index in [1.807, 2.05) is 0 Å². The number of unbranched alkanes of at least 4 members (excludes halogenated alkanes) is 2. The summed E-state index contributed by atoms with van der Waals surface area (Å²) in [5.74, 6) is 0. The Labute approximate surface area is 144 Å². The van der Waals surface area contributed by atoms with Crippen molar-refractivity contribution in [2.45, 2.75) is 44.9 Å². The summed E-state index contributed by atoms with van der Waals surface area (Å²) in [5, 5.41) is 6.37. The van der Waals surface area contributed by atoms with E-state index in [0.29, 0.717) is 5.02 Å². The lowest BCUT2D eigenvalue weighted by molar-refractivity contribution is 0.251. The Morgan fingerprint density at radius 2 is 1.70 bits per heavy atom. The van der Waals surface area contributed by atoms with Gasteiger partial charge in [0.15, 0.2) is 0 Å². The highest BCUT2D eigenvalue weighted by atomic mass is 35.5. The van der Waals surface area contributed by atoms with Crippen LogP contribution < -0.4 is 10.6 Å². The van der Waals surface area contributed by atoms with E-state index in [9.17, 15) is 4.79 Å².